The molecule has 43 heavy (non-hydrogen) atoms. The van der Waals surface area contributed by atoms with Gasteiger partial charge in [0.05, 0.1) is 5.56 Å². The summed E-state index contributed by atoms with van der Waals surface area (Å²) in [6, 6.07) is 15.7. The number of alkyl halides is 3. The normalized spacial score (nSPS) is 11.1. The van der Waals surface area contributed by atoms with Gasteiger partial charge >= 0.3 is 6.18 Å². The van der Waals surface area contributed by atoms with Gasteiger partial charge in [-0.2, -0.15) is 13.2 Å². The number of nitrogens with one attached hydrogen (secondary N) is 1. The first-order valence-electron chi connectivity index (χ1n) is 14.9. The maximum atomic E-state index is 13.8. The molecule has 0 atom stereocenters. The number of rotatable bonds is 11. The van der Waals surface area contributed by atoms with Gasteiger partial charge in [0.25, 0.3) is 0 Å². The fourth-order valence-electron chi connectivity index (χ4n) is 4.76. The number of benzene rings is 2. The molecule has 0 radical (unpaired) electrons. The van der Waals surface area contributed by atoms with Crippen molar-refractivity contribution in [2.75, 3.05) is 5.32 Å². The summed E-state index contributed by atoms with van der Waals surface area (Å²) in [6.45, 7) is 13.9. The molecule has 0 spiro atoms. The second-order valence-electron chi connectivity index (χ2n) is 10.9. The Hall–Kier alpha value is -4.13. The van der Waals surface area contributed by atoms with Crippen molar-refractivity contribution in [2.45, 2.75) is 79.3 Å². The van der Waals surface area contributed by atoms with Gasteiger partial charge in [0.15, 0.2) is 5.78 Å². The van der Waals surface area contributed by atoms with Crippen LogP contribution in [0.2, 0.25) is 0 Å². The van der Waals surface area contributed by atoms with Gasteiger partial charge in [-0.25, -0.2) is 0 Å². The van der Waals surface area contributed by atoms with E-state index in [0.717, 1.165) is 61.1 Å². The molecule has 0 aliphatic heterocycles. The molecule has 1 N–H and O–H groups in total. The fraction of sp³-hybridized carbons (Fsp3) is 0.333. The Morgan fingerprint density at radius 2 is 1.72 bits per heavy atom. The minimum Gasteiger partial charge on any atom is -0.356 e. The number of aryl methyl sites for hydroxylation is 4. The van der Waals surface area contributed by atoms with Gasteiger partial charge in [0, 0.05) is 45.4 Å². The molecule has 0 amide bonds. The topological polar surface area (TPSA) is 46.9 Å². The zero-order valence-electron chi connectivity index (χ0n) is 25.8. The molecule has 0 aliphatic carbocycles. The Balaban J connectivity index is 0.00000195. The van der Waals surface area contributed by atoms with Gasteiger partial charge < -0.3 is 9.88 Å². The quantitative estimate of drug-likeness (QED) is 0.176. The summed E-state index contributed by atoms with van der Waals surface area (Å²) in [5.74, 6) is -0.0533. The third-order valence-corrected chi connectivity index (χ3v) is 6.85. The van der Waals surface area contributed by atoms with Crippen molar-refractivity contribution < 1.29 is 20.8 Å². The van der Waals surface area contributed by atoms with Crippen LogP contribution < -0.4 is 5.32 Å². The van der Waals surface area contributed by atoms with Crippen LogP contribution in [0.15, 0.2) is 79.8 Å². The minimum absolute atomic E-state index is 0. The van der Waals surface area contributed by atoms with Crippen LogP contribution in [-0.4, -0.2) is 15.3 Å². The Morgan fingerprint density at radius 3 is 2.35 bits per heavy atom. The predicted octanol–water partition coefficient (Wildman–Crippen LogP) is 10.5. The fourth-order valence-corrected chi connectivity index (χ4v) is 4.76. The van der Waals surface area contributed by atoms with Crippen molar-refractivity contribution in [3.05, 3.63) is 119 Å². The maximum absolute atomic E-state index is 13.8. The van der Waals surface area contributed by atoms with E-state index in [0.29, 0.717) is 22.6 Å². The Labute approximate surface area is 256 Å². The molecular formula is C36H46F3N3O. The molecule has 0 saturated carbocycles. The molecule has 2 aromatic heterocycles. The van der Waals surface area contributed by atoms with E-state index in [1.807, 2.05) is 31.2 Å². The van der Waals surface area contributed by atoms with E-state index < -0.39 is 11.7 Å². The number of pyridine rings is 1. The van der Waals surface area contributed by atoms with Crippen molar-refractivity contribution in [1.29, 1.82) is 0 Å². The number of anilines is 1. The van der Waals surface area contributed by atoms with Gasteiger partial charge in [0.2, 0.25) is 0 Å². The summed E-state index contributed by atoms with van der Waals surface area (Å²) in [6.07, 6.45) is 6.44. The van der Waals surface area contributed by atoms with Crippen molar-refractivity contribution in [2.24, 2.45) is 0 Å². The van der Waals surface area contributed by atoms with Crippen molar-refractivity contribution >= 4 is 17.2 Å². The van der Waals surface area contributed by atoms with E-state index in [1.165, 1.54) is 24.5 Å². The number of ketones is 1. The Bertz CT molecular complexity index is 1550. The minimum atomic E-state index is -4.48. The van der Waals surface area contributed by atoms with Crippen LogP contribution in [-0.2, 0) is 25.4 Å². The van der Waals surface area contributed by atoms with Crippen LogP contribution in [0, 0.1) is 6.92 Å². The highest BCUT2D eigenvalue weighted by Gasteiger charge is 2.31. The Morgan fingerprint density at radius 1 is 0.977 bits per heavy atom. The summed E-state index contributed by atoms with van der Waals surface area (Å²) < 4.78 is 42.9. The first kappa shape index (κ1) is 33.4. The average molecular weight is 594 g/mol. The summed E-state index contributed by atoms with van der Waals surface area (Å²) in [5.41, 5.74) is 6.17. The average Bonchev–Trinajstić information content (AvgIpc) is 3.40. The molecule has 2 aromatic carbocycles. The molecule has 2 heterocycles. The molecule has 232 valence electrons. The van der Waals surface area contributed by atoms with Crippen molar-refractivity contribution in [1.82, 2.24) is 9.55 Å². The number of aromatic nitrogens is 2. The standard InChI is InChI=1S/C33H34F3N3O.C3H8.2H2/c1-5-7-26-10-11-30(18-27(26)9-6-8-25-12-14-37-32(16-25)24(4)40)38-23(3)28-17-29(33(34,35)36)20-31(19-28)39-15-13-22(2)21-39;1-3-2;;/h10-21,38H,3,5-9H2,1-2,4H3;3H2,1-2H3;2*1H. The number of Topliss-reactive ketones (excluding diaryl/α,β-unsaturated/α-hetero) is 1. The summed E-state index contributed by atoms with van der Waals surface area (Å²) >= 11 is 0. The van der Waals surface area contributed by atoms with E-state index in [-0.39, 0.29) is 8.64 Å². The highest BCUT2D eigenvalue weighted by molar-refractivity contribution is 5.92. The number of nitrogens with zero attached hydrogens (tertiary/aromatic N) is 2. The van der Waals surface area contributed by atoms with Crippen LogP contribution in [0.5, 0.6) is 0 Å². The number of halogens is 3. The molecule has 0 bridgehead atoms. The molecule has 0 unspecified atom stereocenters. The largest absolute Gasteiger partial charge is 0.416 e. The SMILES string of the molecule is C=C(Nc1ccc(CCC)c(CCCc2ccnc(C(C)=O)c2)c1)c1cc(-n2ccc(C)c2)cc(C(F)(F)F)c1.CCC.[HH].[HH]. The summed E-state index contributed by atoms with van der Waals surface area (Å²) in [4.78, 5) is 15.8. The van der Waals surface area contributed by atoms with Crippen molar-refractivity contribution in [3.8, 4) is 5.69 Å². The van der Waals surface area contributed by atoms with E-state index in [1.54, 1.807) is 29.2 Å². The van der Waals surface area contributed by atoms with Crippen molar-refractivity contribution in [3.63, 3.8) is 0 Å². The second-order valence-corrected chi connectivity index (χ2v) is 10.9. The maximum Gasteiger partial charge on any atom is 0.416 e. The smallest absolute Gasteiger partial charge is 0.356 e. The molecule has 7 heteroatoms. The van der Waals surface area contributed by atoms with Crippen LogP contribution in [0.25, 0.3) is 11.4 Å². The molecule has 4 aromatic rings. The second kappa shape index (κ2) is 15.4. The van der Waals surface area contributed by atoms with Gasteiger partial charge in [-0.3, -0.25) is 9.78 Å². The van der Waals surface area contributed by atoms with E-state index in [2.05, 4.69) is 49.8 Å². The van der Waals surface area contributed by atoms with E-state index >= 15 is 0 Å². The van der Waals surface area contributed by atoms with Gasteiger partial charge in [-0.15, -0.1) is 0 Å². The van der Waals surface area contributed by atoms with Gasteiger partial charge in [0.1, 0.15) is 5.69 Å². The number of hydrogen-bond acceptors (Lipinski definition) is 3. The first-order chi connectivity index (χ1) is 20.4. The number of carbonyl (C=O) groups excluding carboxylic acids is 1. The number of carbonyl (C=O) groups is 1. The van der Waals surface area contributed by atoms with Crippen LogP contribution in [0.1, 0.15) is 93.7 Å². The zero-order valence-corrected chi connectivity index (χ0v) is 25.8. The lowest BCUT2D eigenvalue weighted by molar-refractivity contribution is -0.137. The highest BCUT2D eigenvalue weighted by Crippen LogP contribution is 2.33. The molecular weight excluding hydrogens is 547 g/mol. The van der Waals surface area contributed by atoms with Crippen LogP contribution >= 0.6 is 0 Å². The molecule has 4 nitrogen and oxygen atoms in total. The Kier molecular flexibility index (Phi) is 11.9. The molecule has 0 saturated heterocycles. The van der Waals surface area contributed by atoms with Gasteiger partial charge in [-0.05, 0) is 109 Å². The summed E-state index contributed by atoms with van der Waals surface area (Å²) in [5, 5.41) is 3.24. The van der Waals surface area contributed by atoms with Gasteiger partial charge in [-0.1, -0.05) is 46.3 Å². The predicted molar refractivity (Wildman–Crippen MR) is 175 cm³/mol. The van der Waals surface area contributed by atoms with Crippen LogP contribution in [0.3, 0.4) is 0 Å². The van der Waals surface area contributed by atoms with E-state index in [9.17, 15) is 18.0 Å². The lowest BCUT2D eigenvalue weighted by Crippen LogP contribution is -2.08. The summed E-state index contributed by atoms with van der Waals surface area (Å²) in [7, 11) is 0. The molecule has 0 fully saturated rings. The molecule has 0 aliphatic rings. The lowest BCUT2D eigenvalue weighted by atomic mass is 9.96. The third kappa shape index (κ3) is 9.70. The van der Waals surface area contributed by atoms with Crippen LogP contribution in [0.4, 0.5) is 18.9 Å². The first-order valence-corrected chi connectivity index (χ1v) is 14.9. The monoisotopic (exact) mass is 593 g/mol. The lowest BCUT2D eigenvalue weighted by Gasteiger charge is -2.17. The van der Waals surface area contributed by atoms with E-state index in [4.69, 9.17) is 0 Å². The number of hydrogen-bond donors (Lipinski definition) is 1. The highest BCUT2D eigenvalue weighted by atomic mass is 19.4. The zero-order chi connectivity index (χ0) is 31.6. The molecule has 4 rings (SSSR count). The third-order valence-electron chi connectivity index (χ3n) is 6.85.